The standard InChI is InChI=1S/C9H17O12P/c10-3-1-9(16,8(14)15)21-7(5(3)12)6(13)4(11)2-20-22(17,18)19/h3-7,10-13,16H,1-2H2,(H,14,15)(H2,17,18,19). The first-order valence-corrected chi connectivity index (χ1v) is 7.46. The molecule has 8 N–H and O–H groups in total. The Balaban J connectivity index is 2.82. The number of ether oxygens (including phenoxy) is 1. The van der Waals surface area contributed by atoms with Gasteiger partial charge in [0.2, 0.25) is 0 Å². The Morgan fingerprint density at radius 3 is 2.36 bits per heavy atom. The quantitative estimate of drug-likeness (QED) is 0.216. The van der Waals surface area contributed by atoms with E-state index in [2.05, 4.69) is 9.26 Å². The predicted octanol–water partition coefficient (Wildman–Crippen LogP) is -3.90. The molecule has 0 aromatic rings. The largest absolute Gasteiger partial charge is 0.477 e. The maximum absolute atomic E-state index is 10.9. The third-order valence-electron chi connectivity index (χ3n) is 3.03. The number of phosphoric ester groups is 1. The van der Waals surface area contributed by atoms with Gasteiger partial charge in [-0.1, -0.05) is 0 Å². The van der Waals surface area contributed by atoms with Crippen LogP contribution in [0.2, 0.25) is 0 Å². The lowest BCUT2D eigenvalue weighted by atomic mass is 9.91. The minimum atomic E-state index is -4.94. The molecule has 0 spiro atoms. The van der Waals surface area contributed by atoms with Crippen LogP contribution in [-0.4, -0.2) is 89.3 Å². The van der Waals surface area contributed by atoms with Crippen LogP contribution in [0.4, 0.5) is 0 Å². The number of carbonyl (C=O) groups is 1. The van der Waals surface area contributed by atoms with Crippen molar-refractivity contribution in [2.45, 2.75) is 42.7 Å². The second-order valence-electron chi connectivity index (χ2n) is 4.78. The van der Waals surface area contributed by atoms with Gasteiger partial charge >= 0.3 is 13.8 Å². The monoisotopic (exact) mass is 348 g/mol. The summed E-state index contributed by atoms with van der Waals surface area (Å²) >= 11 is 0. The van der Waals surface area contributed by atoms with Crippen molar-refractivity contribution >= 4 is 13.8 Å². The topological polar surface area (TPSA) is 214 Å². The van der Waals surface area contributed by atoms with E-state index in [9.17, 15) is 34.9 Å². The van der Waals surface area contributed by atoms with Crippen molar-refractivity contribution in [1.82, 2.24) is 0 Å². The van der Waals surface area contributed by atoms with Gasteiger partial charge in [-0.05, 0) is 0 Å². The van der Waals surface area contributed by atoms with Crippen molar-refractivity contribution in [3.63, 3.8) is 0 Å². The molecular weight excluding hydrogens is 331 g/mol. The summed E-state index contributed by atoms with van der Waals surface area (Å²) in [7, 11) is -4.94. The Kier molecular flexibility index (Phi) is 6.03. The molecular formula is C9H17O12P. The molecule has 1 fully saturated rings. The maximum atomic E-state index is 10.9. The van der Waals surface area contributed by atoms with Crippen molar-refractivity contribution in [3.05, 3.63) is 0 Å². The lowest BCUT2D eigenvalue weighted by molar-refractivity contribution is -0.312. The number of aliphatic carboxylic acids is 1. The van der Waals surface area contributed by atoms with E-state index in [1.54, 1.807) is 0 Å². The molecule has 1 saturated heterocycles. The molecule has 0 aliphatic carbocycles. The van der Waals surface area contributed by atoms with Crippen LogP contribution in [0.25, 0.3) is 0 Å². The lowest BCUT2D eigenvalue weighted by Gasteiger charge is -2.42. The van der Waals surface area contributed by atoms with E-state index in [4.69, 9.17) is 14.9 Å². The van der Waals surface area contributed by atoms with Gasteiger partial charge in [0, 0.05) is 6.42 Å². The number of hydrogen-bond donors (Lipinski definition) is 8. The fourth-order valence-corrected chi connectivity index (χ4v) is 2.21. The summed E-state index contributed by atoms with van der Waals surface area (Å²) in [4.78, 5) is 27.8. The Labute approximate surface area is 123 Å². The number of phosphoric acid groups is 1. The maximum Gasteiger partial charge on any atom is 0.469 e. The highest BCUT2D eigenvalue weighted by atomic mass is 31.2. The fourth-order valence-electron chi connectivity index (χ4n) is 1.87. The summed E-state index contributed by atoms with van der Waals surface area (Å²) in [6.07, 6.45) is -10.6. The summed E-state index contributed by atoms with van der Waals surface area (Å²) in [5, 5.41) is 56.9. The van der Waals surface area contributed by atoms with E-state index in [1.165, 1.54) is 0 Å². The summed E-state index contributed by atoms with van der Waals surface area (Å²) in [6.45, 7) is -1.07. The molecule has 22 heavy (non-hydrogen) atoms. The molecule has 0 radical (unpaired) electrons. The highest BCUT2D eigenvalue weighted by Crippen LogP contribution is 2.36. The summed E-state index contributed by atoms with van der Waals surface area (Å²) in [6, 6.07) is 0. The van der Waals surface area contributed by atoms with Crippen LogP contribution in [0.5, 0.6) is 0 Å². The smallest absolute Gasteiger partial charge is 0.469 e. The average Bonchev–Trinajstić information content (AvgIpc) is 2.38. The molecule has 1 aliphatic rings. The number of hydrogen-bond acceptors (Lipinski definition) is 9. The number of rotatable bonds is 6. The highest BCUT2D eigenvalue weighted by molar-refractivity contribution is 7.46. The zero-order valence-corrected chi connectivity index (χ0v) is 11.9. The lowest BCUT2D eigenvalue weighted by Crippen LogP contribution is -2.63. The van der Waals surface area contributed by atoms with E-state index in [-0.39, 0.29) is 0 Å². The van der Waals surface area contributed by atoms with Gasteiger partial charge < -0.3 is 45.2 Å². The van der Waals surface area contributed by atoms with Crippen molar-refractivity contribution < 1.29 is 59.0 Å². The Bertz CT molecular complexity index is 450. The van der Waals surface area contributed by atoms with Gasteiger partial charge in [0.15, 0.2) is 0 Å². The zero-order valence-electron chi connectivity index (χ0n) is 11.0. The predicted molar refractivity (Wildman–Crippen MR) is 64.1 cm³/mol. The Morgan fingerprint density at radius 1 is 1.36 bits per heavy atom. The van der Waals surface area contributed by atoms with Gasteiger partial charge in [0.1, 0.15) is 24.4 Å². The van der Waals surface area contributed by atoms with Crippen LogP contribution >= 0.6 is 7.82 Å². The molecule has 0 aromatic carbocycles. The summed E-state index contributed by atoms with van der Waals surface area (Å²) in [5.41, 5.74) is 0. The third kappa shape index (κ3) is 4.67. The first kappa shape index (κ1) is 19.4. The van der Waals surface area contributed by atoms with E-state index in [1.807, 2.05) is 0 Å². The van der Waals surface area contributed by atoms with Crippen LogP contribution in [0.3, 0.4) is 0 Å². The van der Waals surface area contributed by atoms with Crippen molar-refractivity contribution in [3.8, 4) is 0 Å². The fraction of sp³-hybridized carbons (Fsp3) is 0.889. The van der Waals surface area contributed by atoms with Crippen LogP contribution in [0.15, 0.2) is 0 Å². The molecule has 0 saturated carbocycles. The second kappa shape index (κ2) is 6.84. The molecule has 12 nitrogen and oxygen atoms in total. The van der Waals surface area contributed by atoms with E-state index < -0.39 is 63.1 Å². The number of carboxylic acid groups (broad SMARTS) is 1. The minimum Gasteiger partial charge on any atom is -0.477 e. The molecule has 0 aromatic heterocycles. The van der Waals surface area contributed by atoms with Crippen LogP contribution in [0, 0.1) is 0 Å². The molecule has 6 unspecified atom stereocenters. The molecule has 130 valence electrons. The van der Waals surface area contributed by atoms with Gasteiger partial charge in [-0.3, -0.25) is 4.52 Å². The number of carboxylic acids is 1. The van der Waals surface area contributed by atoms with E-state index in [0.717, 1.165) is 0 Å². The Morgan fingerprint density at radius 2 is 1.91 bits per heavy atom. The van der Waals surface area contributed by atoms with Gasteiger partial charge in [-0.2, -0.15) is 0 Å². The van der Waals surface area contributed by atoms with Crippen LogP contribution in [-0.2, 0) is 18.6 Å². The Hall–Kier alpha value is -0.660. The molecule has 1 heterocycles. The number of aliphatic hydroxyl groups excluding tert-OH is 4. The average molecular weight is 348 g/mol. The minimum absolute atomic E-state index is 0.887. The van der Waals surface area contributed by atoms with Gasteiger partial charge in [-0.15, -0.1) is 0 Å². The molecule has 1 rings (SSSR count). The summed E-state index contributed by atoms with van der Waals surface area (Å²) in [5.74, 6) is -4.80. The highest BCUT2D eigenvalue weighted by Gasteiger charge is 2.53. The number of aliphatic hydroxyl groups is 5. The molecule has 13 heteroatoms. The zero-order chi connectivity index (χ0) is 17.3. The SMILES string of the molecule is O=C(O)C1(O)CC(O)C(O)C(C(O)C(O)COP(=O)(O)O)O1. The van der Waals surface area contributed by atoms with Crippen molar-refractivity contribution in [1.29, 1.82) is 0 Å². The summed E-state index contributed by atoms with van der Waals surface area (Å²) < 4.78 is 19.0. The van der Waals surface area contributed by atoms with Gasteiger partial charge in [0.05, 0.1) is 12.7 Å². The van der Waals surface area contributed by atoms with Crippen molar-refractivity contribution in [2.24, 2.45) is 0 Å². The third-order valence-corrected chi connectivity index (χ3v) is 3.51. The first-order valence-electron chi connectivity index (χ1n) is 5.93. The van der Waals surface area contributed by atoms with Gasteiger partial charge in [0.25, 0.3) is 5.79 Å². The molecule has 0 amide bonds. The van der Waals surface area contributed by atoms with E-state index in [0.29, 0.717) is 0 Å². The second-order valence-corrected chi connectivity index (χ2v) is 6.02. The molecule has 0 bridgehead atoms. The van der Waals surface area contributed by atoms with Gasteiger partial charge in [-0.25, -0.2) is 9.36 Å². The first-order chi connectivity index (χ1) is 9.87. The van der Waals surface area contributed by atoms with Crippen LogP contribution in [0.1, 0.15) is 6.42 Å². The van der Waals surface area contributed by atoms with Crippen molar-refractivity contribution in [2.75, 3.05) is 6.61 Å². The normalized spacial score (nSPS) is 35.9. The molecule has 1 aliphatic heterocycles. The van der Waals surface area contributed by atoms with E-state index >= 15 is 0 Å². The molecule has 6 atom stereocenters. The van der Waals surface area contributed by atoms with Crippen LogP contribution < -0.4 is 0 Å².